The van der Waals surface area contributed by atoms with Gasteiger partial charge >= 0.3 is 5.97 Å². The second-order valence-electron chi connectivity index (χ2n) is 6.05. The molecular weight excluding hydrogens is 336 g/mol. The SMILES string of the molecule is C[C@H](OC(=O)c1ccc(N(C)C)cc1)C(=O)Nc1ccc2c(c1)OCO2. The minimum Gasteiger partial charge on any atom is -0.454 e. The summed E-state index contributed by atoms with van der Waals surface area (Å²) in [6, 6.07) is 12.0. The fourth-order valence-electron chi connectivity index (χ4n) is 2.40. The summed E-state index contributed by atoms with van der Waals surface area (Å²) >= 11 is 0. The average molecular weight is 356 g/mol. The summed E-state index contributed by atoms with van der Waals surface area (Å²) in [5.41, 5.74) is 1.89. The number of ether oxygens (including phenoxy) is 3. The van der Waals surface area contributed by atoms with Gasteiger partial charge in [-0.1, -0.05) is 0 Å². The maximum Gasteiger partial charge on any atom is 0.338 e. The van der Waals surface area contributed by atoms with E-state index in [-0.39, 0.29) is 6.79 Å². The molecule has 7 nitrogen and oxygen atoms in total. The summed E-state index contributed by atoms with van der Waals surface area (Å²) < 4.78 is 15.7. The number of esters is 1. The van der Waals surface area contributed by atoms with Crippen molar-refractivity contribution >= 4 is 23.3 Å². The van der Waals surface area contributed by atoms with Crippen molar-refractivity contribution in [3.05, 3.63) is 48.0 Å². The number of carbonyl (C=O) groups is 2. The zero-order chi connectivity index (χ0) is 18.7. The molecule has 26 heavy (non-hydrogen) atoms. The topological polar surface area (TPSA) is 77.1 Å². The molecule has 1 amide bonds. The average Bonchev–Trinajstić information content (AvgIpc) is 3.09. The molecule has 1 aliphatic rings. The van der Waals surface area contributed by atoms with Gasteiger partial charge in [0.2, 0.25) is 6.79 Å². The molecule has 1 aliphatic heterocycles. The summed E-state index contributed by atoms with van der Waals surface area (Å²) in [4.78, 5) is 26.4. The highest BCUT2D eigenvalue weighted by molar-refractivity contribution is 5.97. The second kappa shape index (κ2) is 7.35. The van der Waals surface area contributed by atoms with Gasteiger partial charge in [-0.3, -0.25) is 4.79 Å². The fraction of sp³-hybridized carbons (Fsp3) is 0.263. The molecule has 0 unspecified atom stereocenters. The number of benzene rings is 2. The van der Waals surface area contributed by atoms with Crippen LogP contribution in [0.5, 0.6) is 11.5 Å². The summed E-state index contributed by atoms with van der Waals surface area (Å²) in [7, 11) is 3.83. The van der Waals surface area contributed by atoms with E-state index in [0.29, 0.717) is 22.7 Å². The van der Waals surface area contributed by atoms with Crippen LogP contribution >= 0.6 is 0 Å². The Hall–Kier alpha value is -3.22. The van der Waals surface area contributed by atoms with E-state index in [0.717, 1.165) is 5.69 Å². The molecule has 0 spiro atoms. The van der Waals surface area contributed by atoms with Crippen molar-refractivity contribution in [2.75, 3.05) is 31.1 Å². The van der Waals surface area contributed by atoms with Crippen molar-refractivity contribution in [3.8, 4) is 11.5 Å². The van der Waals surface area contributed by atoms with Gasteiger partial charge < -0.3 is 24.4 Å². The Balaban J connectivity index is 1.59. The molecule has 0 saturated heterocycles. The van der Waals surface area contributed by atoms with Gasteiger partial charge in [-0.2, -0.15) is 0 Å². The van der Waals surface area contributed by atoms with Crippen molar-refractivity contribution in [2.24, 2.45) is 0 Å². The number of carbonyl (C=O) groups excluding carboxylic acids is 2. The third-order valence-electron chi connectivity index (χ3n) is 3.91. The Kier molecular flexibility index (Phi) is 4.97. The lowest BCUT2D eigenvalue weighted by molar-refractivity contribution is -0.123. The van der Waals surface area contributed by atoms with Gasteiger partial charge in [0.05, 0.1) is 5.56 Å². The predicted molar refractivity (Wildman–Crippen MR) is 96.8 cm³/mol. The molecule has 3 rings (SSSR count). The number of rotatable bonds is 5. The molecule has 0 aromatic heterocycles. The van der Waals surface area contributed by atoms with Crippen LogP contribution in [-0.4, -0.2) is 38.9 Å². The number of fused-ring (bicyclic) bond motifs is 1. The smallest absolute Gasteiger partial charge is 0.338 e. The van der Waals surface area contributed by atoms with Crippen LogP contribution < -0.4 is 19.7 Å². The van der Waals surface area contributed by atoms with Crippen molar-refractivity contribution in [3.63, 3.8) is 0 Å². The Morgan fingerprint density at radius 1 is 1.08 bits per heavy atom. The Morgan fingerprint density at radius 2 is 1.77 bits per heavy atom. The molecule has 1 atom stereocenters. The summed E-state index contributed by atoms with van der Waals surface area (Å²) in [5.74, 6) is 0.211. The molecule has 0 aliphatic carbocycles. The van der Waals surface area contributed by atoms with Gasteiger partial charge in [0.25, 0.3) is 5.91 Å². The zero-order valence-electron chi connectivity index (χ0n) is 14.8. The van der Waals surface area contributed by atoms with Crippen LogP contribution in [-0.2, 0) is 9.53 Å². The standard InChI is InChI=1S/C19H20N2O5/c1-12(26-19(23)13-4-7-15(8-5-13)21(2)3)18(22)20-14-6-9-16-17(10-14)25-11-24-16/h4-10,12H,11H2,1-3H3,(H,20,22)/t12-/m0/s1. The molecule has 0 fully saturated rings. The normalized spacial score (nSPS) is 13.0. The Bertz CT molecular complexity index is 817. The highest BCUT2D eigenvalue weighted by Crippen LogP contribution is 2.34. The maximum atomic E-state index is 12.3. The van der Waals surface area contributed by atoms with E-state index in [2.05, 4.69) is 5.32 Å². The van der Waals surface area contributed by atoms with E-state index in [1.165, 1.54) is 6.92 Å². The van der Waals surface area contributed by atoms with E-state index < -0.39 is 18.0 Å². The van der Waals surface area contributed by atoms with Gasteiger partial charge in [-0.15, -0.1) is 0 Å². The molecular formula is C19H20N2O5. The van der Waals surface area contributed by atoms with Crippen LogP contribution in [0.15, 0.2) is 42.5 Å². The third kappa shape index (κ3) is 3.88. The molecule has 1 heterocycles. The van der Waals surface area contributed by atoms with Crippen molar-refractivity contribution in [1.29, 1.82) is 0 Å². The van der Waals surface area contributed by atoms with Crippen LogP contribution in [0.1, 0.15) is 17.3 Å². The van der Waals surface area contributed by atoms with Crippen LogP contribution in [0.25, 0.3) is 0 Å². The van der Waals surface area contributed by atoms with Gasteiger partial charge in [0.15, 0.2) is 17.6 Å². The largest absolute Gasteiger partial charge is 0.454 e. The zero-order valence-corrected chi connectivity index (χ0v) is 14.8. The number of nitrogens with zero attached hydrogens (tertiary/aromatic N) is 1. The highest BCUT2D eigenvalue weighted by atomic mass is 16.7. The van der Waals surface area contributed by atoms with E-state index in [9.17, 15) is 9.59 Å². The first-order valence-corrected chi connectivity index (χ1v) is 8.13. The first-order chi connectivity index (χ1) is 12.4. The van der Waals surface area contributed by atoms with Crippen LogP contribution in [0.2, 0.25) is 0 Å². The van der Waals surface area contributed by atoms with Crippen LogP contribution in [0.3, 0.4) is 0 Å². The van der Waals surface area contributed by atoms with Gasteiger partial charge in [-0.25, -0.2) is 4.79 Å². The second-order valence-corrected chi connectivity index (χ2v) is 6.05. The first kappa shape index (κ1) is 17.6. The van der Waals surface area contributed by atoms with E-state index >= 15 is 0 Å². The minimum atomic E-state index is -0.943. The minimum absolute atomic E-state index is 0.160. The fourth-order valence-corrected chi connectivity index (χ4v) is 2.40. The molecule has 1 N–H and O–H groups in total. The Morgan fingerprint density at radius 3 is 2.46 bits per heavy atom. The number of amides is 1. The lowest BCUT2D eigenvalue weighted by atomic mass is 10.2. The predicted octanol–water partition coefficient (Wildman–Crippen LogP) is 2.67. The van der Waals surface area contributed by atoms with Gasteiger partial charge in [0.1, 0.15) is 0 Å². The maximum absolute atomic E-state index is 12.3. The summed E-state index contributed by atoms with van der Waals surface area (Å²) in [6.07, 6.45) is -0.943. The van der Waals surface area contributed by atoms with Crippen molar-refractivity contribution < 1.29 is 23.8 Å². The summed E-state index contributed by atoms with van der Waals surface area (Å²) in [5, 5.41) is 2.69. The lowest BCUT2D eigenvalue weighted by Gasteiger charge is -2.15. The van der Waals surface area contributed by atoms with Crippen molar-refractivity contribution in [2.45, 2.75) is 13.0 Å². The van der Waals surface area contributed by atoms with Gasteiger partial charge in [-0.05, 0) is 43.3 Å². The quantitative estimate of drug-likeness (QED) is 0.830. The number of hydrogen-bond donors (Lipinski definition) is 1. The van der Waals surface area contributed by atoms with E-state index in [4.69, 9.17) is 14.2 Å². The number of anilines is 2. The number of nitrogens with one attached hydrogen (secondary N) is 1. The molecule has 136 valence electrons. The summed E-state index contributed by atoms with van der Waals surface area (Å²) in [6.45, 7) is 1.68. The van der Waals surface area contributed by atoms with E-state index in [1.54, 1.807) is 30.3 Å². The van der Waals surface area contributed by atoms with E-state index in [1.807, 2.05) is 31.1 Å². The monoisotopic (exact) mass is 356 g/mol. The number of hydrogen-bond acceptors (Lipinski definition) is 6. The highest BCUT2D eigenvalue weighted by Gasteiger charge is 2.20. The molecule has 0 bridgehead atoms. The molecule has 0 radical (unpaired) electrons. The molecule has 7 heteroatoms. The van der Waals surface area contributed by atoms with Crippen LogP contribution in [0.4, 0.5) is 11.4 Å². The molecule has 2 aromatic carbocycles. The Labute approximate surface area is 151 Å². The molecule has 2 aromatic rings. The van der Waals surface area contributed by atoms with Crippen LogP contribution in [0, 0.1) is 0 Å². The third-order valence-corrected chi connectivity index (χ3v) is 3.91. The lowest BCUT2D eigenvalue weighted by Crippen LogP contribution is -2.30. The first-order valence-electron chi connectivity index (χ1n) is 8.13. The molecule has 0 saturated carbocycles. The van der Waals surface area contributed by atoms with Crippen molar-refractivity contribution in [1.82, 2.24) is 0 Å². The van der Waals surface area contributed by atoms with Gasteiger partial charge in [0, 0.05) is 31.5 Å².